The van der Waals surface area contributed by atoms with E-state index in [1.165, 1.54) is 0 Å². The van der Waals surface area contributed by atoms with Crippen LogP contribution in [0.15, 0.2) is 22.3 Å². The van der Waals surface area contributed by atoms with Crippen LogP contribution in [0.5, 0.6) is 0 Å². The minimum Gasteiger partial charge on any atom is -0.478 e. The summed E-state index contributed by atoms with van der Waals surface area (Å²) in [6.45, 7) is 3.74. The molecule has 0 aromatic carbocycles. The topological polar surface area (TPSA) is 149 Å². The van der Waals surface area contributed by atoms with Crippen molar-refractivity contribution < 1.29 is 39.6 Å². The van der Waals surface area contributed by atoms with Crippen LogP contribution in [0.1, 0.15) is 39.5 Å². The number of carbonyl (C=O) groups is 4. The zero-order valence-electron chi connectivity index (χ0n) is 14.6. The van der Waals surface area contributed by atoms with Gasteiger partial charge in [0, 0.05) is 11.8 Å². The van der Waals surface area contributed by atoms with Gasteiger partial charge in [0.2, 0.25) is 0 Å². The molecular formula is C18H22O8. The summed E-state index contributed by atoms with van der Waals surface area (Å²) < 4.78 is 0. The zero-order chi connectivity index (χ0) is 19.8. The first kappa shape index (κ1) is 19.7. The number of hydrogen-bond acceptors (Lipinski definition) is 4. The fourth-order valence-corrected chi connectivity index (χ4v) is 4.73. The molecule has 0 amide bonds. The maximum absolute atomic E-state index is 11.8. The van der Waals surface area contributed by atoms with Crippen LogP contribution in [0.2, 0.25) is 0 Å². The molecule has 2 unspecified atom stereocenters. The van der Waals surface area contributed by atoms with Gasteiger partial charge in [0.15, 0.2) is 0 Å². The van der Waals surface area contributed by atoms with Gasteiger partial charge in [0.05, 0.1) is 22.3 Å². The Kier molecular flexibility index (Phi) is 5.53. The molecule has 0 heterocycles. The first-order valence-corrected chi connectivity index (χ1v) is 8.60. The molecule has 3 aliphatic rings. The summed E-state index contributed by atoms with van der Waals surface area (Å²) in [7, 11) is 0. The highest BCUT2D eigenvalue weighted by Crippen LogP contribution is 2.57. The summed E-state index contributed by atoms with van der Waals surface area (Å²) in [5, 5.41) is 38.5. The monoisotopic (exact) mass is 366 g/mol. The van der Waals surface area contributed by atoms with Crippen LogP contribution < -0.4 is 0 Å². The number of rotatable bonds is 8. The molecule has 2 bridgehead atoms. The lowest BCUT2D eigenvalue weighted by atomic mass is 9.52. The maximum atomic E-state index is 11.8. The van der Waals surface area contributed by atoms with Crippen molar-refractivity contribution in [2.45, 2.75) is 39.5 Å². The Hall–Kier alpha value is -2.64. The smallest absolute Gasteiger partial charge is 0.332 e. The van der Waals surface area contributed by atoms with Crippen LogP contribution in [0.3, 0.4) is 0 Å². The van der Waals surface area contributed by atoms with Gasteiger partial charge in [-0.25, -0.2) is 19.2 Å². The van der Waals surface area contributed by atoms with E-state index in [-0.39, 0.29) is 0 Å². The van der Waals surface area contributed by atoms with Gasteiger partial charge in [-0.2, -0.15) is 0 Å². The molecule has 4 N–H and O–H groups in total. The fraction of sp³-hybridized carbons (Fsp3) is 0.556. The number of carboxylic acids is 4. The summed E-state index contributed by atoms with van der Waals surface area (Å²) in [5.74, 6) is -9.30. The highest BCUT2D eigenvalue weighted by molar-refractivity contribution is 6.09. The van der Waals surface area contributed by atoms with Crippen LogP contribution in [-0.4, -0.2) is 44.3 Å². The normalized spacial score (nSPS) is 27.6. The van der Waals surface area contributed by atoms with E-state index >= 15 is 0 Å². The van der Waals surface area contributed by atoms with E-state index in [2.05, 4.69) is 0 Å². The molecule has 3 rings (SSSR count). The van der Waals surface area contributed by atoms with Crippen molar-refractivity contribution in [3.05, 3.63) is 22.3 Å². The van der Waals surface area contributed by atoms with Crippen molar-refractivity contribution in [3.63, 3.8) is 0 Å². The standard InChI is InChI=1S/C18H22O8/c1-3-5-7-8(6-4-2)10-13(17(23)24)11(15(19)20)9(7)12(16(21)22)14(10)18(25)26/h7-10H,3-6H2,1-2H3,(H,19,20)(H,21,22)(H,23,24)(H,25,26). The summed E-state index contributed by atoms with van der Waals surface area (Å²) >= 11 is 0. The first-order chi connectivity index (χ1) is 12.2. The average Bonchev–Trinajstić information content (AvgIpc) is 2.54. The van der Waals surface area contributed by atoms with Crippen LogP contribution >= 0.6 is 0 Å². The minimum atomic E-state index is -1.50. The maximum Gasteiger partial charge on any atom is 0.332 e. The zero-order valence-corrected chi connectivity index (χ0v) is 14.6. The Morgan fingerprint density at radius 3 is 1.00 bits per heavy atom. The molecule has 8 nitrogen and oxygen atoms in total. The molecule has 0 spiro atoms. The van der Waals surface area contributed by atoms with E-state index in [4.69, 9.17) is 0 Å². The molecule has 0 saturated heterocycles. The molecule has 8 heteroatoms. The lowest BCUT2D eigenvalue weighted by Gasteiger charge is -2.49. The van der Waals surface area contributed by atoms with Gasteiger partial charge >= 0.3 is 23.9 Å². The summed E-state index contributed by atoms with van der Waals surface area (Å²) in [6, 6.07) is 0. The molecule has 3 aliphatic carbocycles. The Morgan fingerprint density at radius 1 is 0.615 bits per heavy atom. The molecule has 0 saturated carbocycles. The van der Waals surface area contributed by atoms with Gasteiger partial charge in [-0.05, 0) is 24.7 Å². The van der Waals surface area contributed by atoms with Gasteiger partial charge in [-0.1, -0.05) is 26.7 Å². The van der Waals surface area contributed by atoms with Crippen LogP contribution in [0.4, 0.5) is 0 Å². The number of hydrogen-bond donors (Lipinski definition) is 4. The van der Waals surface area contributed by atoms with Crippen molar-refractivity contribution in [1.29, 1.82) is 0 Å². The van der Waals surface area contributed by atoms with Gasteiger partial charge in [0.25, 0.3) is 0 Å². The van der Waals surface area contributed by atoms with Gasteiger partial charge in [-0.3, -0.25) is 0 Å². The van der Waals surface area contributed by atoms with Gasteiger partial charge in [0.1, 0.15) is 0 Å². The molecular weight excluding hydrogens is 344 g/mol. The quantitative estimate of drug-likeness (QED) is 0.509. The molecule has 0 aliphatic heterocycles. The molecule has 0 aromatic heterocycles. The van der Waals surface area contributed by atoms with Crippen LogP contribution in [0.25, 0.3) is 0 Å². The largest absolute Gasteiger partial charge is 0.478 e. The lowest BCUT2D eigenvalue weighted by Crippen LogP contribution is -2.50. The highest BCUT2D eigenvalue weighted by Gasteiger charge is 2.57. The molecule has 0 aromatic rings. The van der Waals surface area contributed by atoms with E-state index < -0.39 is 69.8 Å². The second-order valence-corrected chi connectivity index (χ2v) is 6.74. The van der Waals surface area contributed by atoms with Crippen molar-refractivity contribution in [2.24, 2.45) is 23.7 Å². The van der Waals surface area contributed by atoms with E-state index in [0.29, 0.717) is 25.7 Å². The Labute approximate surface area is 149 Å². The van der Waals surface area contributed by atoms with Crippen molar-refractivity contribution >= 4 is 23.9 Å². The van der Waals surface area contributed by atoms with Crippen molar-refractivity contribution in [1.82, 2.24) is 0 Å². The second-order valence-electron chi connectivity index (χ2n) is 6.74. The Bertz CT molecular complexity index is 619. The molecule has 26 heavy (non-hydrogen) atoms. The number of carboxylic acid groups (broad SMARTS) is 4. The second kappa shape index (κ2) is 7.31. The van der Waals surface area contributed by atoms with E-state index in [1.54, 1.807) is 0 Å². The lowest BCUT2D eigenvalue weighted by molar-refractivity contribution is -0.142. The molecule has 0 radical (unpaired) electrons. The Balaban J connectivity index is 2.89. The molecule has 2 atom stereocenters. The summed E-state index contributed by atoms with van der Waals surface area (Å²) in [4.78, 5) is 47.3. The third-order valence-corrected chi connectivity index (χ3v) is 5.40. The molecule has 142 valence electrons. The number of fused-ring (bicyclic) bond motifs is 1. The highest BCUT2D eigenvalue weighted by atomic mass is 16.4. The third-order valence-electron chi connectivity index (χ3n) is 5.40. The van der Waals surface area contributed by atoms with Gasteiger partial charge < -0.3 is 20.4 Å². The van der Waals surface area contributed by atoms with Crippen LogP contribution in [0, 0.1) is 23.7 Å². The Morgan fingerprint density at radius 2 is 0.846 bits per heavy atom. The predicted molar refractivity (Wildman–Crippen MR) is 88.4 cm³/mol. The van der Waals surface area contributed by atoms with Crippen molar-refractivity contribution in [3.8, 4) is 0 Å². The van der Waals surface area contributed by atoms with Crippen molar-refractivity contribution in [2.75, 3.05) is 0 Å². The third kappa shape index (κ3) is 2.89. The van der Waals surface area contributed by atoms with Gasteiger partial charge in [-0.15, -0.1) is 0 Å². The van der Waals surface area contributed by atoms with E-state index in [9.17, 15) is 39.6 Å². The fourth-order valence-electron chi connectivity index (χ4n) is 4.73. The van der Waals surface area contributed by atoms with E-state index in [1.807, 2.05) is 13.8 Å². The minimum absolute atomic E-state index is 0.409. The SMILES string of the molecule is CCCC1C2C(C(=O)O)=C(C(=O)O)C(C(C(=O)O)=C2C(=O)O)C1CCC. The van der Waals surface area contributed by atoms with Crippen LogP contribution in [-0.2, 0) is 19.2 Å². The predicted octanol–water partition coefficient (Wildman–Crippen LogP) is 2.01. The number of aliphatic carboxylic acids is 4. The average molecular weight is 366 g/mol. The first-order valence-electron chi connectivity index (χ1n) is 8.60. The summed E-state index contributed by atoms with van der Waals surface area (Å²) in [5.41, 5.74) is -1.90. The van der Waals surface area contributed by atoms with E-state index in [0.717, 1.165) is 0 Å². The summed E-state index contributed by atoms with van der Waals surface area (Å²) in [6.07, 6.45) is 2.30. The molecule has 0 fully saturated rings.